The Morgan fingerprint density at radius 3 is 2.59 bits per heavy atom. The van der Waals surface area contributed by atoms with Gasteiger partial charge in [-0.3, -0.25) is 9.69 Å². The summed E-state index contributed by atoms with van der Waals surface area (Å²) in [4.78, 5) is 14.7. The number of rotatable bonds is 5. The van der Waals surface area contributed by atoms with E-state index in [2.05, 4.69) is 9.88 Å². The van der Waals surface area contributed by atoms with E-state index in [4.69, 9.17) is 23.2 Å². The number of aromatic nitrogens is 1. The van der Waals surface area contributed by atoms with Crippen LogP contribution in [0.2, 0.25) is 10.0 Å². The van der Waals surface area contributed by atoms with Gasteiger partial charge in [0.25, 0.3) is 0 Å². The molecule has 1 atom stereocenters. The lowest BCUT2D eigenvalue weighted by atomic mass is 10.00. The second kappa shape index (κ2) is 9.17. The van der Waals surface area contributed by atoms with Crippen LogP contribution in [0.1, 0.15) is 28.4 Å². The Balaban J connectivity index is 1.49. The summed E-state index contributed by atoms with van der Waals surface area (Å²) in [6.07, 6.45) is -2.43. The fourth-order valence-electron chi connectivity index (χ4n) is 3.96. The van der Waals surface area contributed by atoms with E-state index in [9.17, 15) is 18.0 Å². The maximum Gasteiger partial charge on any atom is 0.416 e. The third-order valence-electron chi connectivity index (χ3n) is 5.49. The molecule has 1 amide bonds. The summed E-state index contributed by atoms with van der Waals surface area (Å²) in [5.41, 5.74) is 1.59. The number of carbonyl (C=O) groups is 1. The molecule has 0 aliphatic carbocycles. The molecule has 4 rings (SSSR count). The molecule has 1 N–H and O–H groups in total. The molecule has 3 aromatic rings. The predicted octanol–water partition coefficient (Wildman–Crippen LogP) is 5.54. The van der Waals surface area contributed by atoms with Gasteiger partial charge in [-0.05, 0) is 47.5 Å². The number of nitrogens with one attached hydrogen (secondary N) is 1. The van der Waals surface area contributed by atoms with Crippen LogP contribution in [0.15, 0.2) is 60.8 Å². The van der Waals surface area contributed by atoms with Crippen molar-refractivity contribution in [2.75, 3.05) is 13.1 Å². The average Bonchev–Trinajstić information content (AvgIpc) is 3.23. The Morgan fingerprint density at radius 1 is 1.03 bits per heavy atom. The van der Waals surface area contributed by atoms with E-state index >= 15 is 0 Å². The van der Waals surface area contributed by atoms with Gasteiger partial charge in [0.1, 0.15) is 0 Å². The molecule has 168 valence electrons. The Bertz CT molecular complexity index is 1130. The number of fused-ring (bicyclic) bond motifs is 1. The molecule has 0 fully saturated rings. The molecular formula is C23H20Cl2F3N3O. The van der Waals surface area contributed by atoms with Crippen LogP contribution in [0, 0.1) is 0 Å². The second-order valence-corrected chi connectivity index (χ2v) is 8.46. The second-order valence-electron chi connectivity index (χ2n) is 7.65. The van der Waals surface area contributed by atoms with Crippen molar-refractivity contribution in [2.45, 2.75) is 25.3 Å². The maximum absolute atomic E-state index is 12.9. The van der Waals surface area contributed by atoms with Crippen molar-refractivity contribution in [1.29, 1.82) is 0 Å². The Hall–Kier alpha value is -2.48. The number of alkyl halides is 3. The quantitative estimate of drug-likeness (QED) is 0.519. The molecule has 4 nitrogen and oxygen atoms in total. The fraction of sp³-hybridized carbons (Fsp3) is 0.261. The van der Waals surface area contributed by atoms with Crippen molar-refractivity contribution >= 4 is 29.1 Å². The molecule has 1 aliphatic heterocycles. The van der Waals surface area contributed by atoms with Crippen molar-refractivity contribution in [2.24, 2.45) is 0 Å². The normalized spacial score (nSPS) is 16.6. The standard InChI is InChI=1S/C23H20Cl2F3N3O/c24-18-7-6-16(12-19(18)25)22-20-5-2-8-30(20)9-10-31(22)14-21(32)29-13-15-3-1-4-17(11-15)23(26,27)28/h1-8,11-12,22H,9-10,13-14H2,(H,29,32)/t22-/m0/s1. The lowest BCUT2D eigenvalue weighted by Crippen LogP contribution is -2.44. The Morgan fingerprint density at radius 2 is 1.84 bits per heavy atom. The first-order valence-electron chi connectivity index (χ1n) is 9.99. The van der Waals surface area contributed by atoms with Gasteiger partial charge in [-0.2, -0.15) is 13.2 Å². The van der Waals surface area contributed by atoms with Crippen LogP contribution in [-0.2, 0) is 24.1 Å². The fourth-order valence-corrected chi connectivity index (χ4v) is 4.27. The smallest absolute Gasteiger partial charge is 0.351 e. The zero-order valence-electron chi connectivity index (χ0n) is 16.9. The zero-order chi connectivity index (χ0) is 22.9. The van der Waals surface area contributed by atoms with Crippen molar-refractivity contribution in [3.8, 4) is 0 Å². The molecule has 0 saturated heterocycles. The number of carbonyl (C=O) groups excluding carboxylic acids is 1. The van der Waals surface area contributed by atoms with Gasteiger partial charge < -0.3 is 9.88 Å². The summed E-state index contributed by atoms with van der Waals surface area (Å²) >= 11 is 12.3. The average molecular weight is 482 g/mol. The van der Waals surface area contributed by atoms with Crippen molar-refractivity contribution in [3.63, 3.8) is 0 Å². The first kappa shape index (κ1) is 22.7. The van der Waals surface area contributed by atoms with Crippen molar-refractivity contribution in [3.05, 3.63) is 93.2 Å². The van der Waals surface area contributed by atoms with E-state index in [1.807, 2.05) is 29.3 Å². The van der Waals surface area contributed by atoms with E-state index in [0.717, 1.165) is 29.9 Å². The minimum Gasteiger partial charge on any atom is -0.351 e. The SMILES string of the molecule is O=C(CN1CCn2cccc2[C@@H]1c1ccc(Cl)c(Cl)c1)NCc1cccc(C(F)(F)F)c1. The van der Waals surface area contributed by atoms with E-state index in [1.165, 1.54) is 6.07 Å². The summed E-state index contributed by atoms with van der Waals surface area (Å²) in [6.45, 7) is 1.46. The molecule has 0 spiro atoms. The molecule has 2 aromatic carbocycles. The van der Waals surface area contributed by atoms with Crippen LogP contribution in [-0.4, -0.2) is 28.5 Å². The monoisotopic (exact) mass is 481 g/mol. The highest BCUT2D eigenvalue weighted by atomic mass is 35.5. The highest BCUT2D eigenvalue weighted by Gasteiger charge is 2.31. The Labute approximate surface area is 193 Å². The summed E-state index contributed by atoms with van der Waals surface area (Å²) in [7, 11) is 0. The van der Waals surface area contributed by atoms with E-state index in [1.54, 1.807) is 18.2 Å². The van der Waals surface area contributed by atoms with Crippen LogP contribution >= 0.6 is 23.2 Å². The molecule has 0 radical (unpaired) electrons. The van der Waals surface area contributed by atoms with E-state index in [0.29, 0.717) is 22.2 Å². The van der Waals surface area contributed by atoms with Crippen LogP contribution in [0.25, 0.3) is 0 Å². The van der Waals surface area contributed by atoms with Gasteiger partial charge in [0.2, 0.25) is 5.91 Å². The third kappa shape index (κ3) is 4.95. The van der Waals surface area contributed by atoms with Gasteiger partial charge in [0, 0.05) is 31.5 Å². The van der Waals surface area contributed by atoms with Gasteiger partial charge in [-0.15, -0.1) is 0 Å². The molecule has 0 unspecified atom stereocenters. The molecule has 1 aliphatic rings. The molecule has 9 heteroatoms. The number of benzene rings is 2. The number of nitrogens with zero attached hydrogens (tertiary/aromatic N) is 2. The molecular weight excluding hydrogens is 462 g/mol. The number of hydrogen-bond acceptors (Lipinski definition) is 2. The Kier molecular flexibility index (Phi) is 6.51. The van der Waals surface area contributed by atoms with Gasteiger partial charge >= 0.3 is 6.18 Å². The maximum atomic E-state index is 12.9. The van der Waals surface area contributed by atoms with E-state index < -0.39 is 11.7 Å². The summed E-state index contributed by atoms with van der Waals surface area (Å²) in [5, 5.41) is 3.62. The third-order valence-corrected chi connectivity index (χ3v) is 6.23. The van der Waals surface area contributed by atoms with Crippen molar-refractivity contribution in [1.82, 2.24) is 14.8 Å². The van der Waals surface area contributed by atoms with Gasteiger partial charge in [-0.1, -0.05) is 41.4 Å². The topological polar surface area (TPSA) is 37.3 Å². The largest absolute Gasteiger partial charge is 0.416 e. The molecule has 0 bridgehead atoms. The summed E-state index contributed by atoms with van der Waals surface area (Å²) < 4.78 is 40.9. The number of halogens is 5. The predicted molar refractivity (Wildman–Crippen MR) is 118 cm³/mol. The highest BCUT2D eigenvalue weighted by molar-refractivity contribution is 6.42. The lowest BCUT2D eigenvalue weighted by Gasteiger charge is -2.37. The molecule has 1 aromatic heterocycles. The highest BCUT2D eigenvalue weighted by Crippen LogP contribution is 2.35. The van der Waals surface area contributed by atoms with Gasteiger partial charge in [-0.25, -0.2) is 0 Å². The molecule has 32 heavy (non-hydrogen) atoms. The minimum atomic E-state index is -4.42. The van der Waals surface area contributed by atoms with Gasteiger partial charge in [0.15, 0.2) is 0 Å². The van der Waals surface area contributed by atoms with Crippen molar-refractivity contribution < 1.29 is 18.0 Å². The van der Waals surface area contributed by atoms with Gasteiger partial charge in [0.05, 0.1) is 28.2 Å². The summed E-state index contributed by atoms with van der Waals surface area (Å²) in [5.74, 6) is -0.271. The first-order chi connectivity index (χ1) is 15.2. The lowest BCUT2D eigenvalue weighted by molar-refractivity contribution is -0.137. The number of amides is 1. The zero-order valence-corrected chi connectivity index (χ0v) is 18.4. The molecule has 0 saturated carbocycles. The van der Waals surface area contributed by atoms with E-state index in [-0.39, 0.29) is 25.0 Å². The minimum absolute atomic E-state index is 0.0183. The molecule has 2 heterocycles. The van der Waals surface area contributed by atoms with Crippen LogP contribution < -0.4 is 5.32 Å². The number of hydrogen-bond donors (Lipinski definition) is 1. The van der Waals surface area contributed by atoms with Crippen LogP contribution in [0.5, 0.6) is 0 Å². The van der Waals surface area contributed by atoms with Crippen LogP contribution in [0.3, 0.4) is 0 Å². The van der Waals surface area contributed by atoms with Crippen LogP contribution in [0.4, 0.5) is 13.2 Å². The summed E-state index contributed by atoms with van der Waals surface area (Å²) in [6, 6.07) is 14.1. The first-order valence-corrected chi connectivity index (χ1v) is 10.7.